The van der Waals surface area contributed by atoms with E-state index in [4.69, 9.17) is 0 Å². The quantitative estimate of drug-likeness (QED) is 0.618. The van der Waals surface area contributed by atoms with Crippen molar-refractivity contribution >= 4 is 16.9 Å². The average molecular weight is 373 g/mol. The molecule has 9 heteroatoms. The van der Waals surface area contributed by atoms with Gasteiger partial charge in [0.1, 0.15) is 17.9 Å². The van der Waals surface area contributed by atoms with Crippen molar-refractivity contribution in [3.8, 4) is 0 Å². The number of nitrogens with zero attached hydrogens (tertiary/aromatic N) is 4. The number of hydrogen-bond donors (Lipinski definition) is 2. The topological polar surface area (TPSA) is 80.4 Å². The number of nitrogens with one attached hydrogen (secondary N) is 2. The fraction of sp³-hybridized carbons (Fsp3) is 0.389. The third-order valence-corrected chi connectivity index (χ3v) is 5.22. The van der Waals surface area contributed by atoms with Crippen LogP contribution in [0.25, 0.3) is 11.2 Å². The molecule has 1 aliphatic heterocycles. The highest BCUT2D eigenvalue weighted by atomic mass is 19.1. The predicted molar refractivity (Wildman–Crippen MR) is 99.6 cm³/mol. The van der Waals surface area contributed by atoms with Crippen LogP contribution in [-0.2, 0) is 20.6 Å². The lowest BCUT2D eigenvalue weighted by molar-refractivity contribution is -0.914. The Morgan fingerprint density at radius 1 is 1.11 bits per heavy atom. The number of rotatable bonds is 3. The zero-order valence-corrected chi connectivity index (χ0v) is 15.3. The Kier molecular flexibility index (Phi) is 4.31. The maximum Gasteiger partial charge on any atom is 0.332 e. The van der Waals surface area contributed by atoms with E-state index < -0.39 is 0 Å². The molecule has 1 fully saturated rings. The first-order valence-electron chi connectivity index (χ1n) is 8.92. The molecule has 1 aromatic carbocycles. The first kappa shape index (κ1) is 17.5. The second kappa shape index (κ2) is 6.66. The molecule has 0 amide bonds. The van der Waals surface area contributed by atoms with E-state index in [1.165, 1.54) is 28.6 Å². The Morgan fingerprint density at radius 3 is 2.44 bits per heavy atom. The average Bonchev–Trinajstić information content (AvgIpc) is 3.10. The Labute approximate surface area is 154 Å². The standard InChI is InChI=1S/C18H21FN6O2/c1-22-16-15(17(26)23(2)18(22)27)20-14(21-16)11-24-7-9-25(10-8-24)13-5-3-12(19)4-6-13/h3-6H,7-11H2,1-2H3,(H,20,21)/p+1. The molecule has 0 aliphatic carbocycles. The van der Waals surface area contributed by atoms with Gasteiger partial charge < -0.3 is 14.8 Å². The van der Waals surface area contributed by atoms with Crippen LogP contribution in [-0.4, -0.2) is 45.3 Å². The van der Waals surface area contributed by atoms with E-state index in [1.54, 1.807) is 19.2 Å². The van der Waals surface area contributed by atoms with Gasteiger partial charge in [-0.25, -0.2) is 14.2 Å². The third kappa shape index (κ3) is 3.14. The minimum Gasteiger partial charge on any atom is -0.360 e. The van der Waals surface area contributed by atoms with E-state index in [-0.39, 0.29) is 17.1 Å². The lowest BCUT2D eigenvalue weighted by Gasteiger charge is -2.33. The maximum absolute atomic E-state index is 13.1. The predicted octanol–water partition coefficient (Wildman–Crippen LogP) is -0.995. The Hall–Kier alpha value is -2.94. The van der Waals surface area contributed by atoms with E-state index in [0.717, 1.165) is 36.4 Å². The summed E-state index contributed by atoms with van der Waals surface area (Å²) >= 11 is 0. The lowest BCUT2D eigenvalue weighted by Crippen LogP contribution is -3.13. The monoisotopic (exact) mass is 373 g/mol. The van der Waals surface area contributed by atoms with Crippen LogP contribution in [0.2, 0.25) is 0 Å². The molecule has 1 aliphatic rings. The molecule has 3 heterocycles. The summed E-state index contributed by atoms with van der Waals surface area (Å²) in [4.78, 5) is 35.4. The van der Waals surface area contributed by atoms with Gasteiger partial charge in [-0.1, -0.05) is 0 Å². The van der Waals surface area contributed by atoms with Gasteiger partial charge >= 0.3 is 5.69 Å². The number of imidazole rings is 1. The van der Waals surface area contributed by atoms with E-state index in [2.05, 4.69) is 14.9 Å². The summed E-state index contributed by atoms with van der Waals surface area (Å²) in [6, 6.07) is 6.56. The van der Waals surface area contributed by atoms with Crippen LogP contribution in [0.1, 0.15) is 5.82 Å². The molecular formula is C18H22FN6O2+. The second-order valence-corrected chi connectivity index (χ2v) is 6.98. The van der Waals surface area contributed by atoms with Gasteiger partial charge in [-0.05, 0) is 24.3 Å². The summed E-state index contributed by atoms with van der Waals surface area (Å²) in [5.41, 5.74) is 1.04. The van der Waals surface area contributed by atoms with Crippen LogP contribution in [0, 0.1) is 5.82 Å². The highest BCUT2D eigenvalue weighted by Crippen LogP contribution is 2.14. The van der Waals surface area contributed by atoms with Gasteiger partial charge in [0, 0.05) is 19.8 Å². The van der Waals surface area contributed by atoms with Crippen molar-refractivity contribution in [3.05, 3.63) is 56.7 Å². The highest BCUT2D eigenvalue weighted by Gasteiger charge is 2.22. The molecule has 1 saturated heterocycles. The van der Waals surface area contributed by atoms with Crippen LogP contribution in [0.3, 0.4) is 0 Å². The number of piperazine rings is 1. The zero-order chi connectivity index (χ0) is 19.1. The van der Waals surface area contributed by atoms with Crippen LogP contribution in [0.4, 0.5) is 10.1 Å². The van der Waals surface area contributed by atoms with Crippen molar-refractivity contribution in [2.45, 2.75) is 6.54 Å². The number of quaternary nitrogens is 1. The van der Waals surface area contributed by atoms with Crippen LogP contribution in [0.5, 0.6) is 0 Å². The molecule has 27 heavy (non-hydrogen) atoms. The Morgan fingerprint density at radius 2 is 1.78 bits per heavy atom. The molecule has 0 radical (unpaired) electrons. The van der Waals surface area contributed by atoms with E-state index >= 15 is 0 Å². The number of anilines is 1. The second-order valence-electron chi connectivity index (χ2n) is 6.98. The fourth-order valence-electron chi connectivity index (χ4n) is 3.60. The number of aryl methyl sites for hydroxylation is 1. The zero-order valence-electron chi connectivity index (χ0n) is 15.3. The maximum atomic E-state index is 13.1. The molecule has 0 bridgehead atoms. The number of benzene rings is 1. The lowest BCUT2D eigenvalue weighted by atomic mass is 10.2. The number of fused-ring (bicyclic) bond motifs is 1. The minimum atomic E-state index is -0.384. The Balaban J connectivity index is 1.49. The van der Waals surface area contributed by atoms with Crippen LogP contribution in [0.15, 0.2) is 33.9 Å². The van der Waals surface area contributed by atoms with Crippen molar-refractivity contribution in [1.29, 1.82) is 0 Å². The molecule has 2 N–H and O–H groups in total. The van der Waals surface area contributed by atoms with Gasteiger partial charge in [0.05, 0.1) is 26.2 Å². The van der Waals surface area contributed by atoms with Gasteiger partial charge in [-0.2, -0.15) is 0 Å². The molecule has 3 aromatic rings. The van der Waals surface area contributed by atoms with Gasteiger partial charge in [0.25, 0.3) is 5.56 Å². The SMILES string of the molecule is Cn1c(=O)c2[nH]c(C[NH+]3CCN(c4ccc(F)cc4)CC3)nc2n(C)c1=O. The molecule has 0 atom stereocenters. The van der Waals surface area contributed by atoms with Gasteiger partial charge in [-0.15, -0.1) is 0 Å². The molecule has 0 spiro atoms. The van der Waals surface area contributed by atoms with E-state index in [0.29, 0.717) is 23.5 Å². The number of hydrogen-bond acceptors (Lipinski definition) is 4. The fourth-order valence-corrected chi connectivity index (χ4v) is 3.60. The number of aromatic nitrogens is 4. The molecule has 8 nitrogen and oxygen atoms in total. The van der Waals surface area contributed by atoms with Gasteiger partial charge in [-0.3, -0.25) is 13.9 Å². The summed E-state index contributed by atoms with van der Waals surface area (Å²) in [7, 11) is 3.08. The molecule has 0 unspecified atom stereocenters. The van der Waals surface area contributed by atoms with Crippen molar-refractivity contribution in [1.82, 2.24) is 19.1 Å². The van der Waals surface area contributed by atoms with Gasteiger partial charge in [0.15, 0.2) is 11.5 Å². The molecular weight excluding hydrogens is 351 g/mol. The van der Waals surface area contributed by atoms with Crippen LogP contribution >= 0.6 is 0 Å². The number of H-pyrrole nitrogens is 1. The first-order chi connectivity index (χ1) is 12.9. The smallest absolute Gasteiger partial charge is 0.332 e. The van der Waals surface area contributed by atoms with Crippen molar-refractivity contribution in [3.63, 3.8) is 0 Å². The number of aromatic amines is 1. The van der Waals surface area contributed by atoms with Crippen molar-refractivity contribution in [2.75, 3.05) is 31.1 Å². The Bertz CT molecular complexity index is 1090. The number of halogens is 1. The van der Waals surface area contributed by atoms with Gasteiger partial charge in [0.2, 0.25) is 0 Å². The van der Waals surface area contributed by atoms with Crippen molar-refractivity contribution < 1.29 is 9.29 Å². The highest BCUT2D eigenvalue weighted by molar-refractivity contribution is 5.69. The molecule has 2 aromatic heterocycles. The van der Waals surface area contributed by atoms with Crippen molar-refractivity contribution in [2.24, 2.45) is 14.1 Å². The molecule has 142 valence electrons. The first-order valence-corrected chi connectivity index (χ1v) is 8.92. The van der Waals surface area contributed by atoms with E-state index in [9.17, 15) is 14.0 Å². The molecule has 4 rings (SSSR count). The van der Waals surface area contributed by atoms with E-state index in [1.807, 2.05) is 0 Å². The molecule has 0 saturated carbocycles. The summed E-state index contributed by atoms with van der Waals surface area (Å²) in [6.07, 6.45) is 0. The summed E-state index contributed by atoms with van der Waals surface area (Å²) in [5, 5.41) is 0. The minimum absolute atomic E-state index is 0.228. The largest absolute Gasteiger partial charge is 0.360 e. The normalized spacial score (nSPS) is 15.6. The van der Waals surface area contributed by atoms with Crippen LogP contribution < -0.4 is 21.0 Å². The summed E-state index contributed by atoms with van der Waals surface area (Å²) in [5.74, 6) is 0.474. The third-order valence-electron chi connectivity index (χ3n) is 5.22. The summed E-state index contributed by atoms with van der Waals surface area (Å²) < 4.78 is 15.5. The summed E-state index contributed by atoms with van der Waals surface area (Å²) in [6.45, 7) is 4.20.